The van der Waals surface area contributed by atoms with Crippen molar-refractivity contribution >= 4 is 33.1 Å². The number of nitrogens with one attached hydrogen (secondary N) is 1. The molecule has 1 N–H and O–H groups in total. The van der Waals surface area contributed by atoms with E-state index in [0.29, 0.717) is 10.2 Å². The van der Waals surface area contributed by atoms with E-state index < -0.39 is 17.5 Å². The molecule has 2 aromatic heterocycles. The van der Waals surface area contributed by atoms with Crippen molar-refractivity contribution in [1.29, 1.82) is 0 Å². The van der Waals surface area contributed by atoms with Crippen LogP contribution < -0.4 is 10.9 Å². The molecular formula is C20H13F2N3O2S. The van der Waals surface area contributed by atoms with Crippen LogP contribution in [0.5, 0.6) is 0 Å². The molecule has 0 saturated carbocycles. The average molecular weight is 397 g/mol. The van der Waals surface area contributed by atoms with E-state index in [4.69, 9.17) is 0 Å². The normalized spacial score (nSPS) is 10.9. The third kappa shape index (κ3) is 3.41. The van der Waals surface area contributed by atoms with Crippen molar-refractivity contribution in [2.24, 2.45) is 0 Å². The molecule has 5 nitrogen and oxygen atoms in total. The average Bonchev–Trinajstić information content (AvgIpc) is 3.12. The number of amides is 1. The maximum absolute atomic E-state index is 13.3. The highest BCUT2D eigenvalue weighted by atomic mass is 32.1. The van der Waals surface area contributed by atoms with Gasteiger partial charge in [-0.1, -0.05) is 30.3 Å². The Hall–Kier alpha value is -3.39. The summed E-state index contributed by atoms with van der Waals surface area (Å²) in [5.41, 5.74) is 1.40. The highest BCUT2D eigenvalue weighted by Gasteiger charge is 2.15. The second kappa shape index (κ2) is 7.32. The van der Waals surface area contributed by atoms with Crippen LogP contribution >= 0.6 is 11.3 Å². The van der Waals surface area contributed by atoms with Crippen LogP contribution in [0.3, 0.4) is 0 Å². The lowest BCUT2D eigenvalue weighted by molar-refractivity contribution is -0.116. The van der Waals surface area contributed by atoms with Crippen molar-refractivity contribution in [3.05, 3.63) is 82.2 Å². The molecule has 0 aliphatic rings. The van der Waals surface area contributed by atoms with Gasteiger partial charge in [0.15, 0.2) is 11.6 Å². The topological polar surface area (TPSA) is 64.0 Å². The number of fused-ring (bicyclic) bond motifs is 1. The van der Waals surface area contributed by atoms with Crippen LogP contribution in [-0.4, -0.2) is 15.5 Å². The van der Waals surface area contributed by atoms with Gasteiger partial charge in [-0.3, -0.25) is 14.2 Å². The van der Waals surface area contributed by atoms with Gasteiger partial charge in [0.25, 0.3) is 5.56 Å². The minimum Gasteiger partial charge on any atom is -0.324 e. The van der Waals surface area contributed by atoms with E-state index in [1.54, 1.807) is 0 Å². The lowest BCUT2D eigenvalue weighted by Gasteiger charge is -2.08. The van der Waals surface area contributed by atoms with Gasteiger partial charge in [-0.2, -0.15) is 0 Å². The number of aromatic nitrogens is 2. The second-order valence-corrected chi connectivity index (χ2v) is 6.91. The quantitative estimate of drug-likeness (QED) is 0.565. The molecule has 4 aromatic rings. The molecule has 0 bridgehead atoms. The summed E-state index contributed by atoms with van der Waals surface area (Å²) in [4.78, 5) is 30.0. The number of halogens is 2. The molecule has 2 heterocycles. The summed E-state index contributed by atoms with van der Waals surface area (Å²) in [7, 11) is 0. The summed E-state index contributed by atoms with van der Waals surface area (Å²) >= 11 is 1.35. The van der Waals surface area contributed by atoms with Gasteiger partial charge in [0.1, 0.15) is 11.4 Å². The van der Waals surface area contributed by atoms with Gasteiger partial charge in [-0.25, -0.2) is 13.8 Å². The molecular weight excluding hydrogens is 384 g/mol. The van der Waals surface area contributed by atoms with E-state index >= 15 is 0 Å². The predicted molar refractivity (Wildman–Crippen MR) is 104 cm³/mol. The first-order valence-electron chi connectivity index (χ1n) is 8.30. The maximum atomic E-state index is 13.3. The number of thiophene rings is 1. The van der Waals surface area contributed by atoms with Crippen molar-refractivity contribution < 1.29 is 13.6 Å². The van der Waals surface area contributed by atoms with E-state index in [0.717, 1.165) is 23.3 Å². The Morgan fingerprint density at radius 3 is 2.64 bits per heavy atom. The number of carbonyl (C=O) groups excluding carboxylic acids is 1. The number of anilines is 1. The number of nitrogens with zero attached hydrogens (tertiary/aromatic N) is 2. The number of hydrogen-bond acceptors (Lipinski definition) is 4. The van der Waals surface area contributed by atoms with Crippen molar-refractivity contribution in [2.45, 2.75) is 6.54 Å². The van der Waals surface area contributed by atoms with Crippen LogP contribution in [0.1, 0.15) is 0 Å². The van der Waals surface area contributed by atoms with Gasteiger partial charge < -0.3 is 5.32 Å². The van der Waals surface area contributed by atoms with E-state index in [9.17, 15) is 18.4 Å². The Morgan fingerprint density at radius 2 is 1.89 bits per heavy atom. The molecule has 0 atom stereocenters. The van der Waals surface area contributed by atoms with Crippen molar-refractivity contribution in [3.8, 4) is 11.1 Å². The number of rotatable bonds is 4. The van der Waals surface area contributed by atoms with E-state index in [2.05, 4.69) is 10.3 Å². The first kappa shape index (κ1) is 18.0. The highest BCUT2D eigenvalue weighted by Crippen LogP contribution is 2.30. The van der Waals surface area contributed by atoms with Gasteiger partial charge in [0, 0.05) is 22.7 Å². The largest absolute Gasteiger partial charge is 0.324 e. The molecule has 2 aromatic carbocycles. The Labute approximate surface area is 161 Å². The zero-order chi connectivity index (χ0) is 19.7. The third-order valence-corrected chi connectivity index (χ3v) is 5.05. The molecule has 0 saturated heterocycles. The van der Waals surface area contributed by atoms with E-state index in [1.165, 1.54) is 28.3 Å². The van der Waals surface area contributed by atoms with Crippen LogP contribution in [0.15, 0.2) is 65.0 Å². The summed E-state index contributed by atoms with van der Waals surface area (Å²) in [5.74, 6) is -2.62. The van der Waals surface area contributed by atoms with E-state index in [-0.39, 0.29) is 17.8 Å². The summed E-state index contributed by atoms with van der Waals surface area (Å²) in [5, 5.41) is 4.75. The summed E-state index contributed by atoms with van der Waals surface area (Å²) < 4.78 is 27.5. The minimum atomic E-state index is -1.07. The fourth-order valence-corrected chi connectivity index (χ4v) is 3.75. The van der Waals surface area contributed by atoms with Crippen LogP contribution in [0.25, 0.3) is 21.3 Å². The molecule has 0 aliphatic heterocycles. The van der Waals surface area contributed by atoms with Gasteiger partial charge in [0.05, 0.1) is 11.7 Å². The monoisotopic (exact) mass is 397 g/mol. The zero-order valence-corrected chi connectivity index (χ0v) is 15.2. The Bertz CT molecular complexity index is 1240. The molecule has 0 radical (unpaired) electrons. The van der Waals surface area contributed by atoms with Gasteiger partial charge in [-0.05, 0) is 17.7 Å². The maximum Gasteiger partial charge on any atom is 0.263 e. The molecule has 0 aliphatic carbocycles. The van der Waals surface area contributed by atoms with Crippen LogP contribution in [-0.2, 0) is 11.3 Å². The smallest absolute Gasteiger partial charge is 0.263 e. The molecule has 8 heteroatoms. The molecule has 140 valence electrons. The molecule has 28 heavy (non-hydrogen) atoms. The van der Waals surface area contributed by atoms with Crippen molar-refractivity contribution in [3.63, 3.8) is 0 Å². The number of carbonyl (C=O) groups is 1. The molecule has 1 amide bonds. The molecule has 0 spiro atoms. The number of benzene rings is 2. The molecule has 4 rings (SSSR count). The Balaban J connectivity index is 1.64. The first-order chi connectivity index (χ1) is 13.5. The lowest BCUT2D eigenvalue weighted by atomic mass is 10.1. The first-order valence-corrected chi connectivity index (χ1v) is 9.18. The van der Waals surface area contributed by atoms with Crippen LogP contribution in [0, 0.1) is 11.6 Å². The number of hydrogen-bond donors (Lipinski definition) is 1. The zero-order valence-electron chi connectivity index (χ0n) is 14.4. The Kier molecular flexibility index (Phi) is 4.70. The fraction of sp³-hybridized carbons (Fsp3) is 0.0500. The lowest BCUT2D eigenvalue weighted by Crippen LogP contribution is -2.27. The van der Waals surface area contributed by atoms with E-state index in [1.807, 2.05) is 35.7 Å². The summed E-state index contributed by atoms with van der Waals surface area (Å²) in [6.45, 7) is -0.301. The summed E-state index contributed by atoms with van der Waals surface area (Å²) in [6.07, 6.45) is 1.31. The van der Waals surface area contributed by atoms with Crippen molar-refractivity contribution in [1.82, 2.24) is 9.55 Å². The fourth-order valence-electron chi connectivity index (χ4n) is 2.84. The van der Waals surface area contributed by atoms with Crippen LogP contribution in [0.2, 0.25) is 0 Å². The second-order valence-electron chi connectivity index (χ2n) is 6.05. The predicted octanol–water partition coefficient (Wildman–Crippen LogP) is 4.04. The molecule has 0 fully saturated rings. The Morgan fingerprint density at radius 1 is 1.11 bits per heavy atom. The van der Waals surface area contributed by atoms with Gasteiger partial charge in [-0.15, -0.1) is 11.3 Å². The van der Waals surface area contributed by atoms with Gasteiger partial charge in [0.2, 0.25) is 5.91 Å². The highest BCUT2D eigenvalue weighted by molar-refractivity contribution is 7.17. The van der Waals surface area contributed by atoms with Gasteiger partial charge >= 0.3 is 0 Å². The van der Waals surface area contributed by atoms with Crippen molar-refractivity contribution in [2.75, 3.05) is 5.32 Å². The van der Waals surface area contributed by atoms with Crippen LogP contribution in [0.4, 0.5) is 14.5 Å². The minimum absolute atomic E-state index is 0.103. The summed E-state index contributed by atoms with van der Waals surface area (Å²) in [6, 6.07) is 12.5. The third-order valence-electron chi connectivity index (χ3n) is 4.16. The SMILES string of the molecule is O=C(Cn1cnc2scc(-c3ccccc3)c2c1=O)Nc1ccc(F)c(F)c1. The molecule has 0 unspecified atom stereocenters. The standard InChI is InChI=1S/C20H13F2N3O2S/c21-15-7-6-13(8-16(15)22)24-17(26)9-25-11-23-19-18(20(25)27)14(10-28-19)12-4-2-1-3-5-12/h1-8,10-11H,9H2,(H,24,26).